The fourth-order valence-corrected chi connectivity index (χ4v) is 1.98. The van der Waals surface area contributed by atoms with E-state index < -0.39 is 0 Å². The second-order valence-corrected chi connectivity index (χ2v) is 3.82. The lowest BCUT2D eigenvalue weighted by atomic mass is 10.2. The molecule has 1 aromatic heterocycles. The fourth-order valence-electron chi connectivity index (χ4n) is 1.98. The van der Waals surface area contributed by atoms with E-state index in [2.05, 4.69) is 4.98 Å². The first-order chi connectivity index (χ1) is 7.22. The number of rotatable bonds is 2. The van der Waals surface area contributed by atoms with Gasteiger partial charge in [0.05, 0.1) is 12.6 Å². The third-order valence-corrected chi connectivity index (χ3v) is 2.78. The van der Waals surface area contributed by atoms with Crippen molar-refractivity contribution in [3.8, 4) is 0 Å². The molecule has 1 amide bonds. The third-order valence-electron chi connectivity index (χ3n) is 2.78. The maximum Gasteiger partial charge on any atom is 0.270 e. The molecular weight excluding hydrogens is 194 g/mol. The van der Waals surface area contributed by atoms with Gasteiger partial charge in [-0.05, 0) is 18.9 Å². The highest BCUT2D eigenvalue weighted by molar-refractivity contribution is 5.93. The quantitative estimate of drug-likeness (QED) is 0.650. The Bertz CT molecular complexity index is 361. The molecular formula is C10H15N3O2. The second kappa shape index (κ2) is 3.94. The summed E-state index contributed by atoms with van der Waals surface area (Å²) in [5.74, 6) is -0.0803. The molecule has 0 aromatic carbocycles. The molecule has 2 heterocycles. The minimum absolute atomic E-state index is 0.0297. The molecule has 0 unspecified atom stereocenters. The minimum Gasteiger partial charge on any atom is -0.397 e. The highest BCUT2D eigenvalue weighted by Crippen LogP contribution is 2.19. The van der Waals surface area contributed by atoms with Gasteiger partial charge in [0.15, 0.2) is 0 Å². The Morgan fingerprint density at radius 3 is 3.13 bits per heavy atom. The first-order valence-corrected chi connectivity index (χ1v) is 5.08. The molecule has 15 heavy (non-hydrogen) atoms. The van der Waals surface area contributed by atoms with Crippen molar-refractivity contribution in [2.75, 3.05) is 18.9 Å². The molecule has 5 heteroatoms. The van der Waals surface area contributed by atoms with E-state index in [0.717, 1.165) is 12.8 Å². The van der Waals surface area contributed by atoms with E-state index in [9.17, 15) is 4.79 Å². The number of carbonyl (C=O) groups excluding carboxylic acids is 1. The van der Waals surface area contributed by atoms with Gasteiger partial charge < -0.3 is 20.7 Å². The molecule has 1 atom stereocenters. The standard InChI is InChI=1S/C10H15N3O2/c11-7-4-9(12-5-7)10(15)13-3-1-2-8(13)6-14/h4-5,8,12,14H,1-3,6,11H2/t8-/m1/s1. The van der Waals surface area contributed by atoms with Crippen molar-refractivity contribution in [2.45, 2.75) is 18.9 Å². The van der Waals surface area contributed by atoms with Gasteiger partial charge in [-0.3, -0.25) is 4.79 Å². The molecule has 4 N–H and O–H groups in total. The van der Waals surface area contributed by atoms with Crippen molar-refractivity contribution in [3.05, 3.63) is 18.0 Å². The Kier molecular flexibility index (Phi) is 2.64. The van der Waals surface area contributed by atoms with Crippen molar-refractivity contribution in [1.29, 1.82) is 0 Å². The second-order valence-electron chi connectivity index (χ2n) is 3.82. The summed E-state index contributed by atoms with van der Waals surface area (Å²) in [6, 6.07) is 1.58. The van der Waals surface area contributed by atoms with Crippen LogP contribution in [0, 0.1) is 0 Å². The average molecular weight is 209 g/mol. The predicted molar refractivity (Wildman–Crippen MR) is 56.3 cm³/mol. The van der Waals surface area contributed by atoms with Crippen LogP contribution in [-0.2, 0) is 0 Å². The van der Waals surface area contributed by atoms with Crippen LogP contribution < -0.4 is 5.73 Å². The molecule has 0 saturated carbocycles. The van der Waals surface area contributed by atoms with E-state index in [4.69, 9.17) is 10.8 Å². The smallest absolute Gasteiger partial charge is 0.270 e. The number of H-pyrrole nitrogens is 1. The molecule has 0 spiro atoms. The van der Waals surface area contributed by atoms with Crippen LogP contribution in [-0.4, -0.2) is 40.1 Å². The van der Waals surface area contributed by atoms with Crippen LogP contribution in [0.1, 0.15) is 23.3 Å². The monoisotopic (exact) mass is 209 g/mol. The summed E-state index contributed by atoms with van der Waals surface area (Å²) in [6.45, 7) is 0.741. The maximum atomic E-state index is 12.0. The molecule has 1 aromatic rings. The Hall–Kier alpha value is -1.49. The first kappa shape index (κ1) is 10.0. The molecule has 1 fully saturated rings. The Morgan fingerprint density at radius 2 is 2.53 bits per heavy atom. The number of aliphatic hydroxyl groups is 1. The summed E-state index contributed by atoms with van der Waals surface area (Å²) < 4.78 is 0. The lowest BCUT2D eigenvalue weighted by Gasteiger charge is -2.22. The molecule has 5 nitrogen and oxygen atoms in total. The van der Waals surface area contributed by atoms with Crippen molar-refractivity contribution in [2.24, 2.45) is 0 Å². The first-order valence-electron chi connectivity index (χ1n) is 5.08. The summed E-state index contributed by atoms with van der Waals surface area (Å²) >= 11 is 0. The highest BCUT2D eigenvalue weighted by Gasteiger charge is 2.29. The zero-order chi connectivity index (χ0) is 10.8. The van der Waals surface area contributed by atoms with E-state index in [0.29, 0.717) is 17.9 Å². The predicted octanol–water partition coefficient (Wildman–Crippen LogP) is 0.194. The van der Waals surface area contributed by atoms with Crippen LogP contribution in [0.3, 0.4) is 0 Å². The van der Waals surface area contributed by atoms with E-state index in [-0.39, 0.29) is 18.6 Å². The van der Waals surface area contributed by atoms with Gasteiger partial charge in [-0.1, -0.05) is 0 Å². The topological polar surface area (TPSA) is 82.4 Å². The SMILES string of the molecule is Nc1c[nH]c(C(=O)N2CCC[C@@H]2CO)c1. The van der Waals surface area contributed by atoms with E-state index >= 15 is 0 Å². The van der Waals surface area contributed by atoms with Crippen molar-refractivity contribution in [3.63, 3.8) is 0 Å². The van der Waals surface area contributed by atoms with Crippen LogP contribution in [0.15, 0.2) is 12.3 Å². The molecule has 1 aliphatic rings. The van der Waals surface area contributed by atoms with Crippen LogP contribution in [0.2, 0.25) is 0 Å². The number of hydrogen-bond acceptors (Lipinski definition) is 3. The highest BCUT2D eigenvalue weighted by atomic mass is 16.3. The van der Waals surface area contributed by atoms with Gasteiger partial charge in [-0.2, -0.15) is 0 Å². The number of amides is 1. The van der Waals surface area contributed by atoms with E-state index in [1.54, 1.807) is 17.2 Å². The van der Waals surface area contributed by atoms with Crippen LogP contribution in [0.5, 0.6) is 0 Å². The number of aromatic nitrogens is 1. The largest absolute Gasteiger partial charge is 0.397 e. The van der Waals surface area contributed by atoms with E-state index in [1.165, 1.54) is 0 Å². The number of likely N-dealkylation sites (tertiary alicyclic amines) is 1. The molecule has 0 aliphatic carbocycles. The van der Waals surface area contributed by atoms with Gasteiger partial charge in [-0.15, -0.1) is 0 Å². The average Bonchev–Trinajstić information content (AvgIpc) is 2.84. The number of nitrogens with one attached hydrogen (secondary N) is 1. The number of nitrogen functional groups attached to an aromatic ring is 1. The van der Waals surface area contributed by atoms with Gasteiger partial charge in [-0.25, -0.2) is 0 Å². The van der Waals surface area contributed by atoms with Gasteiger partial charge in [0, 0.05) is 18.4 Å². The molecule has 82 valence electrons. The van der Waals surface area contributed by atoms with Crippen molar-refractivity contribution in [1.82, 2.24) is 9.88 Å². The number of carbonyl (C=O) groups is 1. The molecule has 2 rings (SSSR count). The summed E-state index contributed by atoms with van der Waals surface area (Å²) in [6.07, 6.45) is 3.42. The summed E-state index contributed by atoms with van der Waals surface area (Å²) in [4.78, 5) is 16.5. The Morgan fingerprint density at radius 1 is 1.73 bits per heavy atom. The zero-order valence-corrected chi connectivity index (χ0v) is 8.44. The maximum absolute atomic E-state index is 12.0. The summed E-state index contributed by atoms with van der Waals surface area (Å²) in [5, 5.41) is 9.11. The zero-order valence-electron chi connectivity index (χ0n) is 8.44. The van der Waals surface area contributed by atoms with Gasteiger partial charge in [0.25, 0.3) is 5.91 Å². The van der Waals surface area contributed by atoms with Gasteiger partial charge in [0.2, 0.25) is 0 Å². The molecule has 1 saturated heterocycles. The number of aromatic amines is 1. The lowest BCUT2D eigenvalue weighted by molar-refractivity contribution is 0.0672. The third kappa shape index (κ3) is 1.83. The Balaban J connectivity index is 2.13. The summed E-state index contributed by atoms with van der Waals surface area (Å²) in [7, 11) is 0. The lowest BCUT2D eigenvalue weighted by Crippen LogP contribution is -2.37. The molecule has 0 radical (unpaired) electrons. The van der Waals surface area contributed by atoms with Gasteiger partial charge >= 0.3 is 0 Å². The fraction of sp³-hybridized carbons (Fsp3) is 0.500. The number of anilines is 1. The van der Waals surface area contributed by atoms with E-state index in [1.807, 2.05) is 0 Å². The van der Waals surface area contributed by atoms with Crippen LogP contribution in [0.4, 0.5) is 5.69 Å². The number of aliphatic hydroxyl groups excluding tert-OH is 1. The normalized spacial score (nSPS) is 20.9. The van der Waals surface area contributed by atoms with Crippen molar-refractivity contribution >= 4 is 11.6 Å². The molecule has 1 aliphatic heterocycles. The summed E-state index contributed by atoms with van der Waals surface area (Å²) in [5.41, 5.74) is 6.58. The number of nitrogens with zero attached hydrogens (tertiary/aromatic N) is 1. The minimum atomic E-state index is -0.0803. The molecule has 0 bridgehead atoms. The van der Waals surface area contributed by atoms with Gasteiger partial charge in [0.1, 0.15) is 5.69 Å². The van der Waals surface area contributed by atoms with Crippen LogP contribution in [0.25, 0.3) is 0 Å². The van der Waals surface area contributed by atoms with Crippen molar-refractivity contribution < 1.29 is 9.90 Å². The Labute approximate surface area is 87.9 Å². The number of hydrogen-bond donors (Lipinski definition) is 3. The number of nitrogens with two attached hydrogens (primary N) is 1. The van der Waals surface area contributed by atoms with Crippen LogP contribution >= 0.6 is 0 Å².